The fourth-order valence-electron chi connectivity index (χ4n) is 3.97. The first kappa shape index (κ1) is 24.7. The van der Waals surface area contributed by atoms with E-state index in [1.54, 1.807) is 49.0 Å². The Morgan fingerprint density at radius 1 is 1.28 bits per heavy atom. The number of aromatic nitrogens is 4. The largest absolute Gasteiger partial charge is 0.435 e. The lowest BCUT2D eigenvalue weighted by atomic mass is 10.1. The second-order valence-electron chi connectivity index (χ2n) is 7.82. The molecule has 0 radical (unpaired) electrons. The van der Waals surface area contributed by atoms with Gasteiger partial charge in [0.05, 0.1) is 52.5 Å². The molecule has 36 heavy (non-hydrogen) atoms. The second-order valence-corrected chi connectivity index (χ2v) is 7.82. The van der Waals surface area contributed by atoms with Gasteiger partial charge in [0.2, 0.25) is 0 Å². The van der Waals surface area contributed by atoms with Crippen LogP contribution < -0.4 is 16.4 Å². The highest BCUT2D eigenvalue weighted by Gasteiger charge is 2.38. The standard InChI is InChI=1S/C24H23F3N8O/c1-3-31-17-9-15(7-8-16(17)23(29)36)35-20-6-4-5-19(21(20)22(33-35)24(25,26)27)34-12-18(32-13-34)14(10-28)11-30-2/h4-13,28,30-31H,3H2,1-2H3,(H2,29,36)/p+1/b14-11+,28-10?. The number of alkyl halides is 3. The Kier molecular flexibility index (Phi) is 6.62. The number of allylic oxidation sites excluding steroid dienone is 1. The van der Waals surface area contributed by atoms with Crippen LogP contribution in [-0.4, -0.2) is 45.0 Å². The summed E-state index contributed by atoms with van der Waals surface area (Å²) in [6.45, 7) is 2.30. The molecule has 0 bridgehead atoms. The molecule has 186 valence electrons. The first-order chi connectivity index (χ1) is 17.2. The molecular formula is C24H24F3N8O+. The van der Waals surface area contributed by atoms with Gasteiger partial charge in [0.1, 0.15) is 6.20 Å². The van der Waals surface area contributed by atoms with Crippen LogP contribution >= 0.6 is 0 Å². The minimum atomic E-state index is -4.74. The van der Waals surface area contributed by atoms with Gasteiger partial charge < -0.3 is 26.3 Å². The number of primary amides is 1. The molecule has 0 aliphatic rings. The lowest BCUT2D eigenvalue weighted by Crippen LogP contribution is -2.72. The van der Waals surface area contributed by atoms with Crippen LogP contribution in [0.15, 0.2) is 55.1 Å². The van der Waals surface area contributed by atoms with E-state index in [4.69, 9.17) is 11.1 Å². The highest BCUT2D eigenvalue weighted by Crippen LogP contribution is 2.38. The summed E-state index contributed by atoms with van der Waals surface area (Å²) in [4.78, 5) is 16.1. The zero-order valence-electron chi connectivity index (χ0n) is 19.5. The fourth-order valence-corrected chi connectivity index (χ4v) is 3.97. The van der Waals surface area contributed by atoms with E-state index in [0.29, 0.717) is 29.2 Å². The summed E-state index contributed by atoms with van der Waals surface area (Å²) >= 11 is 0. The van der Waals surface area contributed by atoms with Gasteiger partial charge in [0.25, 0.3) is 5.91 Å². The van der Waals surface area contributed by atoms with Crippen molar-refractivity contribution >= 4 is 34.3 Å². The highest BCUT2D eigenvalue weighted by molar-refractivity contribution is 6.07. The third-order valence-electron chi connectivity index (χ3n) is 5.49. The van der Waals surface area contributed by atoms with Crippen LogP contribution in [0.25, 0.3) is 27.9 Å². The number of anilines is 1. The molecule has 2 aromatic heterocycles. The van der Waals surface area contributed by atoms with Crippen LogP contribution in [0.2, 0.25) is 0 Å². The normalized spacial score (nSPS) is 12.2. The number of hydrogen-bond acceptors (Lipinski definition) is 5. The predicted octanol–water partition coefficient (Wildman–Crippen LogP) is 2.94. The minimum Gasteiger partial charge on any atom is -0.385 e. The molecule has 12 heteroatoms. The van der Waals surface area contributed by atoms with Gasteiger partial charge >= 0.3 is 6.18 Å². The van der Waals surface area contributed by atoms with Crippen LogP contribution in [0, 0.1) is 5.41 Å². The molecule has 0 unspecified atom stereocenters. The maximum Gasteiger partial charge on any atom is 0.435 e. The van der Waals surface area contributed by atoms with Crippen molar-refractivity contribution in [3.05, 3.63) is 72.1 Å². The summed E-state index contributed by atoms with van der Waals surface area (Å²) in [5.41, 5.74) is 6.74. The summed E-state index contributed by atoms with van der Waals surface area (Å²) in [7, 11) is 1.79. The number of nitrogens with zero attached hydrogens (tertiary/aromatic N) is 4. The van der Waals surface area contributed by atoms with E-state index in [0.717, 1.165) is 6.21 Å². The molecule has 0 aliphatic carbocycles. The van der Waals surface area contributed by atoms with Gasteiger partial charge in [-0.05, 0) is 37.3 Å². The molecule has 0 aliphatic heterocycles. The predicted molar refractivity (Wildman–Crippen MR) is 130 cm³/mol. The van der Waals surface area contributed by atoms with Crippen molar-refractivity contribution in [3.63, 3.8) is 0 Å². The number of nitrogens with one attached hydrogen (secondary N) is 2. The summed E-state index contributed by atoms with van der Waals surface area (Å²) in [5, 5.41) is 16.2. The number of fused-ring (bicyclic) bond motifs is 1. The van der Waals surface area contributed by atoms with Crippen LogP contribution in [0.4, 0.5) is 18.9 Å². The number of carbonyl (C=O) groups excluding carboxylic acids is 1. The molecule has 2 aromatic carbocycles. The van der Waals surface area contributed by atoms with Crippen molar-refractivity contribution < 1.29 is 23.3 Å². The van der Waals surface area contributed by atoms with Crippen LogP contribution in [0.5, 0.6) is 0 Å². The molecule has 6 N–H and O–H groups in total. The molecule has 1 amide bonds. The number of hydrogen-bond donors (Lipinski definition) is 4. The number of imidazole rings is 1. The van der Waals surface area contributed by atoms with Gasteiger partial charge in [-0.15, -0.1) is 0 Å². The monoisotopic (exact) mass is 497 g/mol. The fraction of sp³-hybridized carbons (Fsp3) is 0.167. The smallest absolute Gasteiger partial charge is 0.385 e. The van der Waals surface area contributed by atoms with Gasteiger partial charge in [-0.25, -0.2) is 9.67 Å². The summed E-state index contributed by atoms with van der Waals surface area (Å²) in [6, 6.07) is 9.22. The van der Waals surface area contributed by atoms with Crippen molar-refractivity contribution in [3.8, 4) is 11.4 Å². The van der Waals surface area contributed by atoms with E-state index >= 15 is 0 Å². The molecular weight excluding hydrogens is 473 g/mol. The van der Waals surface area contributed by atoms with Crippen molar-refractivity contribution in [2.45, 2.75) is 13.1 Å². The van der Waals surface area contributed by atoms with Crippen molar-refractivity contribution in [1.29, 1.82) is 5.41 Å². The molecule has 0 saturated heterocycles. The average Bonchev–Trinajstić information content (AvgIpc) is 3.48. The molecule has 0 saturated carbocycles. The number of amides is 1. The van der Waals surface area contributed by atoms with Gasteiger partial charge in [0, 0.05) is 24.6 Å². The molecule has 9 nitrogen and oxygen atoms in total. The van der Waals surface area contributed by atoms with Crippen molar-refractivity contribution in [2.75, 3.05) is 18.9 Å². The van der Waals surface area contributed by atoms with Gasteiger partial charge in [-0.3, -0.25) is 4.79 Å². The zero-order chi connectivity index (χ0) is 26.0. The third kappa shape index (κ3) is 4.45. The number of benzene rings is 2. The summed E-state index contributed by atoms with van der Waals surface area (Å²) in [6.07, 6.45) is 1.05. The number of rotatable bonds is 8. The minimum absolute atomic E-state index is 0.111. The van der Waals surface area contributed by atoms with Crippen LogP contribution in [0.3, 0.4) is 0 Å². The summed E-state index contributed by atoms with van der Waals surface area (Å²) < 4.78 is 45.2. The quantitative estimate of drug-likeness (QED) is 0.279. The Morgan fingerprint density at radius 2 is 2.06 bits per heavy atom. The number of halogens is 3. The lowest BCUT2D eigenvalue weighted by Gasteiger charge is -2.12. The average molecular weight is 498 g/mol. The summed E-state index contributed by atoms with van der Waals surface area (Å²) in [5.74, 6) is -0.656. The maximum absolute atomic E-state index is 14.2. The molecule has 0 spiro atoms. The molecule has 2 heterocycles. The van der Waals surface area contributed by atoms with E-state index in [-0.39, 0.29) is 22.2 Å². The van der Waals surface area contributed by atoms with E-state index < -0.39 is 17.8 Å². The van der Waals surface area contributed by atoms with Gasteiger partial charge in [0.15, 0.2) is 5.69 Å². The highest BCUT2D eigenvalue weighted by atomic mass is 19.4. The van der Waals surface area contributed by atoms with Gasteiger partial charge in [-0.1, -0.05) is 6.07 Å². The number of carbonyl (C=O) groups is 1. The molecule has 0 fully saturated rings. The van der Waals surface area contributed by atoms with Crippen LogP contribution in [-0.2, 0) is 6.18 Å². The zero-order valence-corrected chi connectivity index (χ0v) is 19.5. The van der Waals surface area contributed by atoms with Crippen LogP contribution in [0.1, 0.15) is 28.7 Å². The Hall–Kier alpha value is -4.45. The Labute approximate surface area is 203 Å². The van der Waals surface area contributed by atoms with Crippen molar-refractivity contribution in [2.24, 2.45) is 5.73 Å². The Morgan fingerprint density at radius 3 is 2.69 bits per heavy atom. The first-order valence-electron chi connectivity index (χ1n) is 11.0. The molecule has 4 rings (SSSR count). The second kappa shape index (κ2) is 9.66. The Bertz CT molecular complexity index is 1480. The van der Waals surface area contributed by atoms with Crippen molar-refractivity contribution in [1.82, 2.24) is 19.3 Å². The SMILES string of the molecule is CCNc1cc(-n2nc(C(F)(F)F)c3c(-n4cnc(/C(C=N)=C/[NH2+]C)c4)cccc32)ccc1C(N)=O. The molecule has 0 atom stereocenters. The Balaban J connectivity index is 1.96. The van der Waals surface area contributed by atoms with Gasteiger partial charge in [-0.2, -0.15) is 18.3 Å². The lowest BCUT2D eigenvalue weighted by molar-refractivity contribution is -0.555. The van der Waals surface area contributed by atoms with E-state index in [2.05, 4.69) is 15.4 Å². The number of quaternary nitrogens is 1. The van der Waals surface area contributed by atoms with E-state index in [9.17, 15) is 18.0 Å². The van der Waals surface area contributed by atoms with E-state index in [1.165, 1.54) is 27.7 Å². The molecule has 4 aromatic rings. The first-order valence-corrected chi connectivity index (χ1v) is 11.0. The topological polar surface area (TPSA) is 131 Å². The number of nitrogens with two attached hydrogens (primary N) is 2. The third-order valence-corrected chi connectivity index (χ3v) is 5.49. The maximum atomic E-state index is 14.2. The van der Waals surface area contributed by atoms with E-state index in [1.807, 2.05) is 6.92 Å².